The van der Waals surface area contributed by atoms with Crippen LogP contribution in [0.15, 0.2) is 0 Å². The third-order valence-electron chi connectivity index (χ3n) is 2.91. The van der Waals surface area contributed by atoms with E-state index in [9.17, 15) is 0 Å². The van der Waals surface area contributed by atoms with Crippen LogP contribution in [-0.4, -0.2) is 63.0 Å². The summed E-state index contributed by atoms with van der Waals surface area (Å²) in [5.74, 6) is 0. The molecule has 0 spiro atoms. The molecular formula is C12H26N2O2. The Morgan fingerprint density at radius 1 is 1.50 bits per heavy atom. The lowest BCUT2D eigenvalue weighted by Crippen LogP contribution is -2.52. The summed E-state index contributed by atoms with van der Waals surface area (Å²) < 4.78 is 10.9. The van der Waals surface area contributed by atoms with E-state index in [2.05, 4.69) is 31.0 Å². The molecule has 4 heteroatoms. The molecule has 16 heavy (non-hydrogen) atoms. The summed E-state index contributed by atoms with van der Waals surface area (Å²) in [4.78, 5) is 2.47. The maximum Gasteiger partial charge on any atom is 0.0674 e. The van der Waals surface area contributed by atoms with E-state index < -0.39 is 0 Å². The molecule has 0 aromatic carbocycles. The zero-order chi connectivity index (χ0) is 12.0. The molecule has 4 nitrogen and oxygen atoms in total. The number of nitrogens with zero attached hydrogens (tertiary/aromatic N) is 1. The van der Waals surface area contributed by atoms with Gasteiger partial charge in [-0.1, -0.05) is 13.8 Å². The van der Waals surface area contributed by atoms with Crippen LogP contribution in [0.25, 0.3) is 0 Å². The topological polar surface area (TPSA) is 33.7 Å². The molecule has 1 fully saturated rings. The van der Waals surface area contributed by atoms with Crippen LogP contribution in [0, 0.1) is 0 Å². The van der Waals surface area contributed by atoms with Gasteiger partial charge in [0.15, 0.2) is 0 Å². The van der Waals surface area contributed by atoms with E-state index in [0.29, 0.717) is 18.2 Å². The van der Waals surface area contributed by atoms with Crippen LogP contribution in [-0.2, 0) is 9.47 Å². The van der Waals surface area contributed by atoms with E-state index in [0.717, 1.165) is 32.8 Å². The molecule has 1 aliphatic heterocycles. The van der Waals surface area contributed by atoms with Gasteiger partial charge in [-0.15, -0.1) is 0 Å². The highest BCUT2D eigenvalue weighted by Crippen LogP contribution is 2.09. The maximum absolute atomic E-state index is 5.56. The van der Waals surface area contributed by atoms with Crippen molar-refractivity contribution in [2.75, 3.05) is 40.0 Å². The zero-order valence-corrected chi connectivity index (χ0v) is 11.0. The summed E-state index contributed by atoms with van der Waals surface area (Å²) >= 11 is 0. The minimum absolute atomic E-state index is 0.340. The fraction of sp³-hybridized carbons (Fsp3) is 1.00. The first-order valence-corrected chi connectivity index (χ1v) is 6.21. The van der Waals surface area contributed by atoms with Crippen LogP contribution in [0.3, 0.4) is 0 Å². The van der Waals surface area contributed by atoms with Crippen LogP contribution in [0.4, 0.5) is 0 Å². The molecule has 0 radical (unpaired) electrons. The van der Waals surface area contributed by atoms with Gasteiger partial charge in [0.2, 0.25) is 0 Å². The van der Waals surface area contributed by atoms with Crippen molar-refractivity contribution in [1.29, 1.82) is 0 Å². The Labute approximate surface area is 99.3 Å². The van der Waals surface area contributed by atoms with E-state index in [1.54, 1.807) is 7.11 Å². The van der Waals surface area contributed by atoms with Crippen molar-refractivity contribution in [1.82, 2.24) is 10.2 Å². The summed E-state index contributed by atoms with van der Waals surface area (Å²) in [6.07, 6.45) is 0.340. The van der Waals surface area contributed by atoms with Crippen molar-refractivity contribution in [3.8, 4) is 0 Å². The molecular weight excluding hydrogens is 204 g/mol. The van der Waals surface area contributed by atoms with Crippen molar-refractivity contribution in [3.63, 3.8) is 0 Å². The summed E-state index contributed by atoms with van der Waals surface area (Å²) in [7, 11) is 1.77. The van der Waals surface area contributed by atoms with Gasteiger partial charge in [0.1, 0.15) is 0 Å². The molecule has 0 aromatic heterocycles. The van der Waals surface area contributed by atoms with E-state index in [1.807, 2.05) is 0 Å². The van der Waals surface area contributed by atoms with Crippen molar-refractivity contribution >= 4 is 0 Å². The molecule has 0 saturated carbocycles. The Balaban J connectivity index is 2.40. The Hall–Kier alpha value is -0.160. The predicted molar refractivity (Wildman–Crippen MR) is 65.8 cm³/mol. The average Bonchev–Trinajstić information content (AvgIpc) is 2.24. The van der Waals surface area contributed by atoms with Crippen LogP contribution < -0.4 is 5.32 Å². The minimum Gasteiger partial charge on any atom is -0.383 e. The highest BCUT2D eigenvalue weighted by atomic mass is 16.5. The first kappa shape index (κ1) is 13.9. The van der Waals surface area contributed by atoms with Gasteiger partial charge in [0, 0.05) is 38.8 Å². The van der Waals surface area contributed by atoms with Gasteiger partial charge in [-0.25, -0.2) is 0 Å². The fourth-order valence-corrected chi connectivity index (χ4v) is 2.03. The molecule has 0 aromatic rings. The molecule has 1 heterocycles. The monoisotopic (exact) mass is 230 g/mol. The van der Waals surface area contributed by atoms with Gasteiger partial charge >= 0.3 is 0 Å². The highest BCUT2D eigenvalue weighted by Gasteiger charge is 2.24. The Morgan fingerprint density at radius 3 is 2.81 bits per heavy atom. The third kappa shape index (κ3) is 4.78. The number of nitrogens with one attached hydrogen (secondary N) is 1. The van der Waals surface area contributed by atoms with Gasteiger partial charge in [-0.3, -0.25) is 4.90 Å². The van der Waals surface area contributed by atoms with Crippen LogP contribution in [0.5, 0.6) is 0 Å². The molecule has 1 saturated heterocycles. The Bertz CT molecular complexity index is 188. The summed E-state index contributed by atoms with van der Waals surface area (Å²) in [6.45, 7) is 11.1. The first-order valence-electron chi connectivity index (χ1n) is 6.21. The lowest BCUT2D eigenvalue weighted by atomic mass is 10.2. The standard InChI is InChI=1S/C12H26N2O2/c1-10(2)13-7-12(9-15-4)14-5-6-16-11(3)8-14/h10-13H,5-9H2,1-4H3. The molecule has 1 aliphatic rings. The smallest absolute Gasteiger partial charge is 0.0674 e. The quantitative estimate of drug-likeness (QED) is 0.729. The molecule has 1 N–H and O–H groups in total. The summed E-state index contributed by atoms with van der Waals surface area (Å²) in [5.41, 5.74) is 0. The first-order chi connectivity index (χ1) is 7.63. The lowest BCUT2D eigenvalue weighted by Gasteiger charge is -2.37. The second kappa shape index (κ2) is 7.22. The number of hydrogen-bond acceptors (Lipinski definition) is 4. The number of rotatable bonds is 6. The number of ether oxygens (including phenoxy) is 2. The minimum atomic E-state index is 0.340. The molecule has 0 bridgehead atoms. The van der Waals surface area contributed by atoms with Crippen LogP contribution in [0.1, 0.15) is 20.8 Å². The number of methoxy groups -OCH3 is 1. The molecule has 2 unspecified atom stereocenters. The van der Waals surface area contributed by atoms with E-state index in [4.69, 9.17) is 9.47 Å². The second-order valence-electron chi connectivity index (χ2n) is 4.85. The van der Waals surface area contributed by atoms with Crippen molar-refractivity contribution in [2.24, 2.45) is 0 Å². The normalized spacial score (nSPS) is 24.9. The average molecular weight is 230 g/mol. The van der Waals surface area contributed by atoms with Gasteiger partial charge in [-0.2, -0.15) is 0 Å². The van der Waals surface area contributed by atoms with Gasteiger partial charge in [-0.05, 0) is 6.92 Å². The zero-order valence-electron chi connectivity index (χ0n) is 11.0. The van der Waals surface area contributed by atoms with Gasteiger partial charge in [0.25, 0.3) is 0 Å². The molecule has 1 rings (SSSR count). The SMILES string of the molecule is COCC(CNC(C)C)N1CCOC(C)C1. The van der Waals surface area contributed by atoms with Crippen LogP contribution in [0.2, 0.25) is 0 Å². The third-order valence-corrected chi connectivity index (χ3v) is 2.91. The fourth-order valence-electron chi connectivity index (χ4n) is 2.03. The Morgan fingerprint density at radius 2 is 2.25 bits per heavy atom. The number of hydrogen-bond donors (Lipinski definition) is 1. The lowest BCUT2D eigenvalue weighted by molar-refractivity contribution is -0.0452. The van der Waals surface area contributed by atoms with E-state index in [-0.39, 0.29) is 0 Å². The summed E-state index contributed by atoms with van der Waals surface area (Å²) in [6, 6.07) is 0.983. The largest absolute Gasteiger partial charge is 0.383 e. The summed E-state index contributed by atoms with van der Waals surface area (Å²) in [5, 5.41) is 3.48. The molecule has 96 valence electrons. The van der Waals surface area contributed by atoms with Gasteiger partial charge in [0.05, 0.1) is 19.3 Å². The molecule has 2 atom stereocenters. The van der Waals surface area contributed by atoms with Gasteiger partial charge < -0.3 is 14.8 Å². The van der Waals surface area contributed by atoms with Crippen molar-refractivity contribution in [2.45, 2.75) is 39.0 Å². The molecule has 0 amide bonds. The Kier molecular flexibility index (Phi) is 6.28. The maximum atomic E-state index is 5.56. The van der Waals surface area contributed by atoms with E-state index in [1.165, 1.54) is 0 Å². The van der Waals surface area contributed by atoms with E-state index >= 15 is 0 Å². The number of morpholine rings is 1. The highest BCUT2D eigenvalue weighted by molar-refractivity contribution is 4.79. The van der Waals surface area contributed by atoms with Crippen LogP contribution >= 0.6 is 0 Å². The predicted octanol–water partition coefficient (Wildman–Crippen LogP) is 0.720. The van der Waals surface area contributed by atoms with Crippen molar-refractivity contribution < 1.29 is 9.47 Å². The second-order valence-corrected chi connectivity index (χ2v) is 4.85. The van der Waals surface area contributed by atoms with Crippen molar-refractivity contribution in [3.05, 3.63) is 0 Å². The molecule has 0 aliphatic carbocycles.